The average Bonchev–Trinajstić information content (AvgIpc) is 2.34. The van der Waals surface area contributed by atoms with Crippen LogP contribution in [0.3, 0.4) is 0 Å². The number of nitrogens with one attached hydrogen (secondary N) is 1. The number of nitrogen functional groups attached to an aromatic ring is 1. The van der Waals surface area contributed by atoms with Crippen LogP contribution in [0.5, 0.6) is 0 Å². The molecule has 0 amide bonds. The molecule has 0 saturated heterocycles. The lowest BCUT2D eigenvalue weighted by Gasteiger charge is -2.15. The van der Waals surface area contributed by atoms with Crippen molar-refractivity contribution < 1.29 is 25.9 Å². The predicted molar refractivity (Wildman–Crippen MR) is 67.7 cm³/mol. The summed E-state index contributed by atoms with van der Waals surface area (Å²) in [6.45, 7) is 0. The largest absolute Gasteiger partial charge is 0.744 e. The topological polar surface area (TPSA) is 152 Å². The highest BCUT2D eigenvalue weighted by Gasteiger charge is 2.13. The Morgan fingerprint density at radius 3 is 2.10 bits per heavy atom. The van der Waals surface area contributed by atoms with Crippen molar-refractivity contribution in [2.75, 3.05) is 5.43 Å². The zero-order valence-corrected chi connectivity index (χ0v) is 11.4. The Kier molecular flexibility index (Phi) is 3.44. The number of hydrogen-bond donors (Lipinski definition) is 2. The van der Waals surface area contributed by atoms with Gasteiger partial charge in [-0.15, -0.1) is 0 Å². The average molecular weight is 316 g/mol. The van der Waals surface area contributed by atoms with E-state index in [0.29, 0.717) is 11.8 Å². The summed E-state index contributed by atoms with van der Waals surface area (Å²) in [5.41, 5.74) is 2.63. The maximum atomic E-state index is 11.2. The van der Waals surface area contributed by atoms with Crippen LogP contribution < -0.4 is 11.3 Å². The fourth-order valence-electron chi connectivity index (χ4n) is 1.75. The quantitative estimate of drug-likeness (QED) is 0.453. The molecular formula is C10H8N2O6S2-2. The van der Waals surface area contributed by atoms with Crippen molar-refractivity contribution in [1.29, 1.82) is 0 Å². The first-order chi connectivity index (χ1) is 9.13. The number of fused-ring (bicyclic) bond motifs is 1. The lowest BCUT2D eigenvalue weighted by molar-refractivity contribution is 0.462. The maximum Gasteiger partial charge on any atom is 0.125 e. The second kappa shape index (κ2) is 4.68. The monoisotopic (exact) mass is 316 g/mol. The fourth-order valence-corrected chi connectivity index (χ4v) is 3.08. The van der Waals surface area contributed by atoms with Gasteiger partial charge in [-0.25, -0.2) is 16.8 Å². The molecule has 10 heteroatoms. The van der Waals surface area contributed by atoms with Gasteiger partial charge < -0.3 is 14.5 Å². The molecule has 2 rings (SSSR count). The maximum absolute atomic E-state index is 11.2. The first-order valence-electron chi connectivity index (χ1n) is 5.09. The summed E-state index contributed by atoms with van der Waals surface area (Å²) in [4.78, 5) is -1.57. The van der Waals surface area contributed by atoms with Gasteiger partial charge in [0, 0.05) is 5.69 Å². The van der Waals surface area contributed by atoms with Crippen molar-refractivity contribution in [2.24, 2.45) is 5.84 Å². The van der Waals surface area contributed by atoms with Crippen molar-refractivity contribution in [3.05, 3.63) is 30.3 Å². The molecule has 0 unspecified atom stereocenters. The highest BCUT2D eigenvalue weighted by Crippen LogP contribution is 2.29. The Bertz CT molecular complexity index is 889. The molecule has 20 heavy (non-hydrogen) atoms. The summed E-state index contributed by atoms with van der Waals surface area (Å²) < 4.78 is 66.6. The van der Waals surface area contributed by atoms with Crippen LogP contribution in [-0.4, -0.2) is 25.9 Å². The van der Waals surface area contributed by atoms with Crippen LogP contribution in [0.4, 0.5) is 5.69 Å². The van der Waals surface area contributed by atoms with Crippen molar-refractivity contribution >= 4 is 36.7 Å². The molecule has 0 aliphatic carbocycles. The summed E-state index contributed by atoms with van der Waals surface area (Å²) in [5.74, 6) is 5.18. The zero-order valence-electron chi connectivity index (χ0n) is 9.73. The number of benzene rings is 2. The minimum atomic E-state index is -4.94. The third-order valence-electron chi connectivity index (χ3n) is 2.61. The van der Waals surface area contributed by atoms with E-state index < -0.39 is 30.0 Å². The van der Waals surface area contributed by atoms with Crippen molar-refractivity contribution in [3.8, 4) is 0 Å². The lowest BCUT2D eigenvalue weighted by atomic mass is 10.1. The SMILES string of the molecule is NNc1ccc2c(S(=O)(=O)[O-])cc(S(=O)(=O)[O-])cc2c1. The van der Waals surface area contributed by atoms with Crippen LogP contribution in [0, 0.1) is 0 Å². The molecule has 0 atom stereocenters. The van der Waals surface area contributed by atoms with Gasteiger partial charge in [0.15, 0.2) is 0 Å². The standard InChI is InChI=1S/C10H10N2O6S2/c11-12-7-1-2-9-6(3-7)4-8(19(13,14)15)5-10(9)20(16,17)18/h1-5,12H,11H2,(H,13,14,15)(H,16,17,18)/p-2. The van der Waals surface area contributed by atoms with Crippen LogP contribution in [0.2, 0.25) is 0 Å². The normalized spacial score (nSPS) is 12.6. The molecule has 2 aromatic carbocycles. The van der Waals surface area contributed by atoms with E-state index in [1.54, 1.807) is 0 Å². The Morgan fingerprint density at radius 1 is 0.950 bits per heavy atom. The Morgan fingerprint density at radius 2 is 1.60 bits per heavy atom. The van der Waals surface area contributed by atoms with E-state index in [-0.39, 0.29) is 10.8 Å². The Balaban J connectivity index is 2.96. The highest BCUT2D eigenvalue weighted by atomic mass is 32.2. The fraction of sp³-hybridized carbons (Fsp3) is 0. The number of nitrogens with two attached hydrogens (primary N) is 1. The molecule has 108 valence electrons. The molecule has 0 aromatic heterocycles. The van der Waals surface area contributed by atoms with E-state index in [9.17, 15) is 25.9 Å². The van der Waals surface area contributed by atoms with Gasteiger partial charge in [0.25, 0.3) is 0 Å². The molecule has 0 aliphatic heterocycles. The van der Waals surface area contributed by atoms with E-state index >= 15 is 0 Å². The second-order valence-corrected chi connectivity index (χ2v) is 6.64. The number of hydrazine groups is 1. The van der Waals surface area contributed by atoms with Crippen LogP contribution in [0.15, 0.2) is 40.1 Å². The van der Waals surface area contributed by atoms with Crippen LogP contribution in [0.25, 0.3) is 10.8 Å². The third-order valence-corrected chi connectivity index (χ3v) is 4.30. The van der Waals surface area contributed by atoms with Gasteiger partial charge in [-0.1, -0.05) is 6.07 Å². The second-order valence-electron chi connectivity index (χ2n) is 3.91. The number of hydrogen-bond acceptors (Lipinski definition) is 8. The molecule has 8 nitrogen and oxygen atoms in total. The van der Waals surface area contributed by atoms with E-state index in [1.165, 1.54) is 18.2 Å². The molecule has 0 bridgehead atoms. The molecular weight excluding hydrogens is 308 g/mol. The van der Waals surface area contributed by atoms with Crippen molar-refractivity contribution in [1.82, 2.24) is 0 Å². The molecule has 2 aromatic rings. The smallest absolute Gasteiger partial charge is 0.125 e. The van der Waals surface area contributed by atoms with Gasteiger partial charge in [-0.2, -0.15) is 0 Å². The summed E-state index contributed by atoms with van der Waals surface area (Å²) >= 11 is 0. The molecule has 0 radical (unpaired) electrons. The predicted octanol–water partition coefficient (Wildman–Crippen LogP) is -0.0664. The minimum absolute atomic E-state index is 0.00593. The summed E-state index contributed by atoms with van der Waals surface area (Å²) in [6, 6.07) is 5.55. The number of anilines is 1. The van der Waals surface area contributed by atoms with Gasteiger partial charge in [-0.05, 0) is 35.0 Å². The molecule has 0 heterocycles. The molecule has 0 saturated carbocycles. The van der Waals surface area contributed by atoms with Crippen LogP contribution >= 0.6 is 0 Å². The first kappa shape index (κ1) is 14.7. The molecule has 0 fully saturated rings. The third kappa shape index (κ3) is 2.73. The highest BCUT2D eigenvalue weighted by molar-refractivity contribution is 7.86. The van der Waals surface area contributed by atoms with E-state index in [1.807, 2.05) is 0 Å². The van der Waals surface area contributed by atoms with Gasteiger partial charge >= 0.3 is 0 Å². The summed E-state index contributed by atoms with van der Waals surface area (Å²) in [7, 11) is -9.84. The Hall–Kier alpha value is -1.72. The van der Waals surface area contributed by atoms with Crippen molar-refractivity contribution in [3.63, 3.8) is 0 Å². The Labute approximate surface area is 114 Å². The summed E-state index contributed by atoms with van der Waals surface area (Å²) in [5, 5.41) is 0.0956. The molecule has 0 aliphatic rings. The van der Waals surface area contributed by atoms with E-state index in [0.717, 1.165) is 6.07 Å². The lowest BCUT2D eigenvalue weighted by Crippen LogP contribution is -2.07. The van der Waals surface area contributed by atoms with E-state index in [2.05, 4.69) is 5.43 Å². The van der Waals surface area contributed by atoms with Gasteiger partial charge in [0.1, 0.15) is 20.2 Å². The van der Waals surface area contributed by atoms with Crippen LogP contribution in [-0.2, 0) is 20.2 Å². The first-order valence-corrected chi connectivity index (χ1v) is 7.91. The minimum Gasteiger partial charge on any atom is -0.744 e. The summed E-state index contributed by atoms with van der Waals surface area (Å²) in [6.07, 6.45) is 0. The van der Waals surface area contributed by atoms with Crippen molar-refractivity contribution in [2.45, 2.75) is 9.79 Å². The molecule has 3 N–H and O–H groups in total. The van der Waals surface area contributed by atoms with Crippen LogP contribution in [0.1, 0.15) is 0 Å². The van der Waals surface area contributed by atoms with Gasteiger partial charge in [0.2, 0.25) is 0 Å². The van der Waals surface area contributed by atoms with E-state index in [4.69, 9.17) is 5.84 Å². The zero-order chi connectivity index (χ0) is 15.1. The number of rotatable bonds is 3. The molecule has 0 spiro atoms. The van der Waals surface area contributed by atoms with Gasteiger partial charge in [0.05, 0.1) is 9.79 Å². The van der Waals surface area contributed by atoms with Gasteiger partial charge in [-0.3, -0.25) is 5.84 Å².